The molecule has 1 fully saturated rings. The van der Waals surface area contributed by atoms with Crippen LogP contribution in [0, 0.1) is 0 Å². The van der Waals surface area contributed by atoms with Gasteiger partial charge in [0, 0.05) is 24.0 Å². The molecule has 0 spiro atoms. The summed E-state index contributed by atoms with van der Waals surface area (Å²) in [7, 11) is 2.06. The van der Waals surface area contributed by atoms with Crippen LogP contribution in [-0.2, 0) is 6.42 Å². The molecule has 1 unspecified atom stereocenters. The Morgan fingerprint density at radius 1 is 1.64 bits per heavy atom. The van der Waals surface area contributed by atoms with E-state index in [4.69, 9.17) is 0 Å². The average molecular weight is 210 g/mol. The molecule has 0 amide bonds. The number of likely N-dealkylation sites (N-methyl/N-ethyl adjacent to an activating group) is 1. The Hall–Kier alpha value is -0.380. The summed E-state index contributed by atoms with van der Waals surface area (Å²) in [5.74, 6) is 0. The third-order valence-electron chi connectivity index (χ3n) is 2.94. The van der Waals surface area contributed by atoms with E-state index in [1.165, 1.54) is 37.4 Å². The first kappa shape index (κ1) is 10.1. The molecular weight excluding hydrogens is 192 g/mol. The molecule has 14 heavy (non-hydrogen) atoms. The van der Waals surface area contributed by atoms with Gasteiger partial charge in [-0.15, -0.1) is 11.3 Å². The average Bonchev–Trinajstić information content (AvgIpc) is 2.86. The van der Waals surface area contributed by atoms with Crippen molar-refractivity contribution >= 4 is 11.3 Å². The summed E-state index contributed by atoms with van der Waals surface area (Å²) in [6.45, 7) is 3.71. The minimum atomic E-state index is 0.721. The number of nitrogens with zero attached hydrogens (tertiary/aromatic N) is 1. The number of hydrogen-bond donors (Lipinski definition) is 1. The first-order valence-electron chi connectivity index (χ1n) is 5.30. The lowest BCUT2D eigenvalue weighted by Gasteiger charge is -2.14. The van der Waals surface area contributed by atoms with Gasteiger partial charge in [0.05, 0.1) is 0 Å². The van der Waals surface area contributed by atoms with Crippen LogP contribution in [0.2, 0.25) is 0 Å². The molecule has 1 atom stereocenters. The van der Waals surface area contributed by atoms with Gasteiger partial charge in [0.1, 0.15) is 0 Å². The molecule has 78 valence electrons. The lowest BCUT2D eigenvalue weighted by molar-refractivity contribution is 0.335. The van der Waals surface area contributed by atoms with Gasteiger partial charge in [-0.1, -0.05) is 6.07 Å². The summed E-state index contributed by atoms with van der Waals surface area (Å²) in [5, 5.41) is 5.51. The largest absolute Gasteiger partial charge is 0.316 e. The normalized spacial score (nSPS) is 23.1. The van der Waals surface area contributed by atoms with E-state index < -0.39 is 0 Å². The summed E-state index contributed by atoms with van der Waals surface area (Å²) in [5.41, 5.74) is 0. The Bertz CT molecular complexity index is 258. The quantitative estimate of drug-likeness (QED) is 0.812. The molecule has 2 nitrogen and oxygen atoms in total. The van der Waals surface area contributed by atoms with Gasteiger partial charge in [0.25, 0.3) is 0 Å². The number of likely N-dealkylation sites (tertiary alicyclic amines) is 1. The van der Waals surface area contributed by atoms with Gasteiger partial charge in [0.2, 0.25) is 0 Å². The topological polar surface area (TPSA) is 15.3 Å². The van der Waals surface area contributed by atoms with E-state index in [0.717, 1.165) is 6.04 Å². The van der Waals surface area contributed by atoms with Gasteiger partial charge in [-0.2, -0.15) is 0 Å². The molecule has 1 aliphatic heterocycles. The van der Waals surface area contributed by atoms with Crippen LogP contribution in [0.5, 0.6) is 0 Å². The van der Waals surface area contributed by atoms with Crippen molar-refractivity contribution in [2.45, 2.75) is 18.9 Å². The molecule has 1 aliphatic rings. The summed E-state index contributed by atoms with van der Waals surface area (Å²) < 4.78 is 0. The molecule has 1 aromatic rings. The van der Waals surface area contributed by atoms with E-state index in [0.29, 0.717) is 0 Å². The van der Waals surface area contributed by atoms with Crippen LogP contribution in [0.4, 0.5) is 0 Å². The minimum absolute atomic E-state index is 0.721. The van der Waals surface area contributed by atoms with Gasteiger partial charge in [-0.25, -0.2) is 0 Å². The Morgan fingerprint density at radius 3 is 3.21 bits per heavy atom. The van der Waals surface area contributed by atoms with Crippen LogP contribution < -0.4 is 5.32 Å². The van der Waals surface area contributed by atoms with E-state index in [9.17, 15) is 0 Å². The zero-order valence-corrected chi connectivity index (χ0v) is 9.52. The second-order valence-corrected chi connectivity index (χ2v) is 4.94. The zero-order valence-electron chi connectivity index (χ0n) is 8.70. The van der Waals surface area contributed by atoms with Crippen LogP contribution >= 0.6 is 11.3 Å². The SMILES string of the molecule is CNC1CCN(CCc2cccs2)C1. The first-order chi connectivity index (χ1) is 6.88. The molecule has 1 saturated heterocycles. The van der Waals surface area contributed by atoms with E-state index in [-0.39, 0.29) is 0 Å². The fraction of sp³-hybridized carbons (Fsp3) is 0.636. The second-order valence-electron chi connectivity index (χ2n) is 3.90. The highest BCUT2D eigenvalue weighted by Gasteiger charge is 2.19. The third kappa shape index (κ3) is 2.56. The molecule has 1 N–H and O–H groups in total. The lowest BCUT2D eigenvalue weighted by Crippen LogP contribution is -2.30. The van der Waals surface area contributed by atoms with Crippen LogP contribution in [0.3, 0.4) is 0 Å². The molecule has 0 aromatic carbocycles. The van der Waals surface area contributed by atoms with Crippen LogP contribution in [-0.4, -0.2) is 37.6 Å². The maximum Gasteiger partial charge on any atom is 0.0204 e. The number of nitrogens with one attached hydrogen (secondary N) is 1. The minimum Gasteiger partial charge on any atom is -0.316 e. The smallest absolute Gasteiger partial charge is 0.0204 e. The Morgan fingerprint density at radius 2 is 2.57 bits per heavy atom. The highest BCUT2D eigenvalue weighted by atomic mass is 32.1. The van der Waals surface area contributed by atoms with E-state index in [1.807, 2.05) is 11.3 Å². The van der Waals surface area contributed by atoms with Gasteiger partial charge in [0.15, 0.2) is 0 Å². The second kappa shape index (κ2) is 4.91. The van der Waals surface area contributed by atoms with Crippen molar-refractivity contribution < 1.29 is 0 Å². The van der Waals surface area contributed by atoms with Crippen molar-refractivity contribution in [2.75, 3.05) is 26.7 Å². The van der Waals surface area contributed by atoms with Crippen molar-refractivity contribution in [3.8, 4) is 0 Å². The standard InChI is InChI=1S/C11H18N2S/c1-12-10-4-6-13(9-10)7-5-11-3-2-8-14-11/h2-3,8,10,12H,4-7,9H2,1H3. The molecule has 0 saturated carbocycles. The van der Waals surface area contributed by atoms with Crippen molar-refractivity contribution in [2.24, 2.45) is 0 Å². The summed E-state index contributed by atoms with van der Waals surface area (Å²) in [6, 6.07) is 5.09. The summed E-state index contributed by atoms with van der Waals surface area (Å²) in [4.78, 5) is 4.07. The van der Waals surface area contributed by atoms with Crippen LogP contribution in [0.1, 0.15) is 11.3 Å². The highest BCUT2D eigenvalue weighted by molar-refractivity contribution is 7.09. The molecule has 2 rings (SSSR count). The molecule has 0 aliphatic carbocycles. The van der Waals surface area contributed by atoms with E-state index in [1.54, 1.807) is 0 Å². The Balaban J connectivity index is 1.72. The van der Waals surface area contributed by atoms with Crippen LogP contribution in [0.25, 0.3) is 0 Å². The number of hydrogen-bond acceptors (Lipinski definition) is 3. The molecule has 0 radical (unpaired) electrons. The maximum absolute atomic E-state index is 3.35. The van der Waals surface area contributed by atoms with E-state index >= 15 is 0 Å². The van der Waals surface area contributed by atoms with Crippen LogP contribution in [0.15, 0.2) is 17.5 Å². The fourth-order valence-electron chi connectivity index (χ4n) is 1.99. The van der Waals surface area contributed by atoms with Gasteiger partial charge < -0.3 is 10.2 Å². The fourth-order valence-corrected chi connectivity index (χ4v) is 2.69. The highest BCUT2D eigenvalue weighted by Crippen LogP contribution is 2.13. The molecule has 0 bridgehead atoms. The zero-order chi connectivity index (χ0) is 9.80. The summed E-state index contributed by atoms with van der Waals surface area (Å²) >= 11 is 1.87. The van der Waals surface area contributed by atoms with Gasteiger partial charge in [-0.05, 0) is 37.9 Å². The number of thiophene rings is 1. The monoisotopic (exact) mass is 210 g/mol. The Labute approximate surface area is 89.9 Å². The van der Waals surface area contributed by atoms with Crippen molar-refractivity contribution in [1.29, 1.82) is 0 Å². The Kier molecular flexibility index (Phi) is 3.56. The van der Waals surface area contributed by atoms with Gasteiger partial charge in [-0.3, -0.25) is 0 Å². The van der Waals surface area contributed by atoms with Crippen molar-refractivity contribution in [3.63, 3.8) is 0 Å². The third-order valence-corrected chi connectivity index (χ3v) is 3.87. The predicted molar refractivity (Wildman–Crippen MR) is 61.9 cm³/mol. The maximum atomic E-state index is 3.35. The van der Waals surface area contributed by atoms with Crippen molar-refractivity contribution in [1.82, 2.24) is 10.2 Å². The predicted octanol–water partition coefficient (Wildman–Crippen LogP) is 1.58. The lowest BCUT2D eigenvalue weighted by atomic mass is 10.3. The van der Waals surface area contributed by atoms with E-state index in [2.05, 4.69) is 34.8 Å². The van der Waals surface area contributed by atoms with Gasteiger partial charge >= 0.3 is 0 Å². The molecule has 2 heterocycles. The molecule has 1 aromatic heterocycles. The molecule has 3 heteroatoms. The molecular formula is C11H18N2S. The first-order valence-corrected chi connectivity index (χ1v) is 6.18. The van der Waals surface area contributed by atoms with Crippen molar-refractivity contribution in [3.05, 3.63) is 22.4 Å². The summed E-state index contributed by atoms with van der Waals surface area (Å²) in [6.07, 6.45) is 2.52. The number of rotatable bonds is 4.